The van der Waals surface area contributed by atoms with Crippen LogP contribution < -0.4 is 5.32 Å². The van der Waals surface area contributed by atoms with Crippen molar-refractivity contribution in [1.82, 2.24) is 5.32 Å². The van der Waals surface area contributed by atoms with Crippen molar-refractivity contribution in [1.29, 1.82) is 0 Å². The maximum absolute atomic E-state index is 3.72. The Morgan fingerprint density at radius 2 is 2.00 bits per heavy atom. The van der Waals surface area contributed by atoms with Crippen LogP contribution in [0.5, 0.6) is 0 Å². The highest BCUT2D eigenvalue weighted by molar-refractivity contribution is 5.32. The van der Waals surface area contributed by atoms with Gasteiger partial charge in [0.1, 0.15) is 0 Å². The molecular weight excluding hydrogens is 206 g/mol. The van der Waals surface area contributed by atoms with Crippen LogP contribution in [0.4, 0.5) is 0 Å². The van der Waals surface area contributed by atoms with Crippen LogP contribution in [0.2, 0.25) is 0 Å². The van der Waals surface area contributed by atoms with Crippen LogP contribution in [0.25, 0.3) is 0 Å². The highest BCUT2D eigenvalue weighted by Gasteiger charge is 2.32. The lowest BCUT2D eigenvalue weighted by atomic mass is 9.88. The molecule has 17 heavy (non-hydrogen) atoms. The summed E-state index contributed by atoms with van der Waals surface area (Å²) in [5.74, 6) is 1.61. The summed E-state index contributed by atoms with van der Waals surface area (Å²) in [6.07, 6.45) is 5.34. The molecule has 3 unspecified atom stereocenters. The fourth-order valence-electron chi connectivity index (χ4n) is 3.33. The molecule has 1 N–H and O–H groups in total. The van der Waals surface area contributed by atoms with Gasteiger partial charge in [-0.15, -0.1) is 0 Å². The summed E-state index contributed by atoms with van der Waals surface area (Å²) < 4.78 is 0. The third-order valence-electron chi connectivity index (χ3n) is 4.42. The van der Waals surface area contributed by atoms with E-state index in [1.54, 1.807) is 11.1 Å². The molecule has 2 fully saturated rings. The molecule has 92 valence electrons. The molecule has 0 aromatic heterocycles. The second-order valence-electron chi connectivity index (χ2n) is 5.87. The van der Waals surface area contributed by atoms with E-state index in [2.05, 4.69) is 43.4 Å². The molecule has 0 radical (unpaired) electrons. The number of benzene rings is 1. The third kappa shape index (κ3) is 2.26. The van der Waals surface area contributed by atoms with E-state index < -0.39 is 0 Å². The van der Waals surface area contributed by atoms with Gasteiger partial charge in [-0.1, -0.05) is 31.2 Å². The van der Waals surface area contributed by atoms with Crippen molar-refractivity contribution in [3.8, 4) is 0 Å². The molecule has 1 saturated carbocycles. The molecule has 0 amide bonds. The summed E-state index contributed by atoms with van der Waals surface area (Å²) in [6.45, 7) is 4.61. The Morgan fingerprint density at radius 1 is 1.24 bits per heavy atom. The first kappa shape index (κ1) is 11.3. The Labute approximate surface area is 105 Å². The lowest BCUT2D eigenvalue weighted by Gasteiger charge is -2.19. The van der Waals surface area contributed by atoms with Gasteiger partial charge in [-0.2, -0.15) is 0 Å². The lowest BCUT2D eigenvalue weighted by molar-refractivity contribution is 0.517. The van der Waals surface area contributed by atoms with Gasteiger partial charge in [0, 0.05) is 18.0 Å². The maximum atomic E-state index is 3.72. The molecule has 1 aliphatic heterocycles. The van der Waals surface area contributed by atoms with Gasteiger partial charge in [-0.3, -0.25) is 0 Å². The Kier molecular flexibility index (Phi) is 2.96. The van der Waals surface area contributed by atoms with Gasteiger partial charge in [0.05, 0.1) is 0 Å². The topological polar surface area (TPSA) is 12.0 Å². The molecule has 0 spiro atoms. The zero-order valence-electron chi connectivity index (χ0n) is 10.9. The summed E-state index contributed by atoms with van der Waals surface area (Å²) in [6, 6.07) is 10.7. The van der Waals surface area contributed by atoms with Gasteiger partial charge < -0.3 is 5.32 Å². The smallest absolute Gasteiger partial charge is 0.0136 e. The lowest BCUT2D eigenvalue weighted by Crippen LogP contribution is -2.28. The van der Waals surface area contributed by atoms with E-state index in [-0.39, 0.29) is 0 Å². The molecule has 1 heteroatoms. The number of hydrogen-bond donors (Lipinski definition) is 1. The summed E-state index contributed by atoms with van der Waals surface area (Å²) in [5.41, 5.74) is 3.15. The van der Waals surface area contributed by atoms with Crippen LogP contribution in [0.1, 0.15) is 62.5 Å². The van der Waals surface area contributed by atoms with Gasteiger partial charge in [0.25, 0.3) is 0 Å². The van der Waals surface area contributed by atoms with Crippen LogP contribution in [-0.4, -0.2) is 12.1 Å². The SMILES string of the molecule is CCC1NC(C)CC1c1cccc(C2CC2)c1. The first-order chi connectivity index (χ1) is 8.28. The van der Waals surface area contributed by atoms with Crippen molar-refractivity contribution < 1.29 is 0 Å². The molecule has 3 rings (SSSR count). The van der Waals surface area contributed by atoms with E-state index in [1.165, 1.54) is 25.7 Å². The standard InChI is InChI=1S/C16H23N/c1-3-16-15(9-11(2)17-16)14-6-4-5-13(10-14)12-7-8-12/h4-6,10-12,15-17H,3,7-9H2,1-2H3. The third-order valence-corrected chi connectivity index (χ3v) is 4.42. The zero-order chi connectivity index (χ0) is 11.8. The first-order valence-electron chi connectivity index (χ1n) is 7.14. The van der Waals surface area contributed by atoms with Gasteiger partial charge in [0.15, 0.2) is 0 Å². The monoisotopic (exact) mass is 229 g/mol. The summed E-state index contributed by atoms with van der Waals surface area (Å²) in [5, 5.41) is 3.72. The van der Waals surface area contributed by atoms with E-state index in [0.717, 1.165) is 11.8 Å². The minimum atomic E-state index is 0.675. The minimum Gasteiger partial charge on any atom is -0.311 e. The second-order valence-corrected chi connectivity index (χ2v) is 5.87. The number of nitrogens with one attached hydrogen (secondary N) is 1. The van der Waals surface area contributed by atoms with Gasteiger partial charge >= 0.3 is 0 Å². The molecule has 1 heterocycles. The Bertz CT molecular complexity index is 394. The van der Waals surface area contributed by atoms with Crippen LogP contribution in [0.3, 0.4) is 0 Å². The number of rotatable bonds is 3. The average Bonchev–Trinajstić information content (AvgIpc) is 3.13. The predicted octanol–water partition coefficient (Wildman–Crippen LogP) is 3.81. The zero-order valence-corrected chi connectivity index (χ0v) is 10.9. The molecule has 1 aromatic rings. The quantitative estimate of drug-likeness (QED) is 0.831. The van der Waals surface area contributed by atoms with Crippen molar-refractivity contribution in [3.63, 3.8) is 0 Å². The van der Waals surface area contributed by atoms with E-state index in [0.29, 0.717) is 12.1 Å². The molecule has 0 bridgehead atoms. The average molecular weight is 229 g/mol. The number of hydrogen-bond acceptors (Lipinski definition) is 1. The van der Waals surface area contributed by atoms with Crippen LogP contribution in [-0.2, 0) is 0 Å². The second kappa shape index (κ2) is 4.45. The molecule has 3 atom stereocenters. The molecular formula is C16H23N. The Hall–Kier alpha value is -0.820. The van der Waals surface area contributed by atoms with E-state index >= 15 is 0 Å². The molecule has 1 saturated heterocycles. The fraction of sp³-hybridized carbons (Fsp3) is 0.625. The van der Waals surface area contributed by atoms with Crippen molar-refractivity contribution in [3.05, 3.63) is 35.4 Å². The van der Waals surface area contributed by atoms with Crippen LogP contribution in [0, 0.1) is 0 Å². The minimum absolute atomic E-state index is 0.675. The Morgan fingerprint density at radius 3 is 2.71 bits per heavy atom. The highest BCUT2D eigenvalue weighted by Crippen LogP contribution is 2.41. The summed E-state index contributed by atoms with van der Waals surface area (Å²) in [7, 11) is 0. The van der Waals surface area contributed by atoms with E-state index in [9.17, 15) is 0 Å². The van der Waals surface area contributed by atoms with Gasteiger partial charge in [0.2, 0.25) is 0 Å². The normalized spacial score (nSPS) is 32.9. The summed E-state index contributed by atoms with van der Waals surface area (Å²) >= 11 is 0. The van der Waals surface area contributed by atoms with Crippen LogP contribution in [0.15, 0.2) is 24.3 Å². The largest absolute Gasteiger partial charge is 0.311 e. The van der Waals surface area contributed by atoms with Crippen molar-refractivity contribution >= 4 is 0 Å². The highest BCUT2D eigenvalue weighted by atomic mass is 15.0. The van der Waals surface area contributed by atoms with E-state index in [4.69, 9.17) is 0 Å². The molecule has 1 aromatic carbocycles. The van der Waals surface area contributed by atoms with Crippen molar-refractivity contribution in [2.75, 3.05) is 0 Å². The molecule has 1 aliphatic carbocycles. The molecule has 1 nitrogen and oxygen atoms in total. The van der Waals surface area contributed by atoms with E-state index in [1.807, 2.05) is 0 Å². The van der Waals surface area contributed by atoms with Gasteiger partial charge in [-0.05, 0) is 49.7 Å². The van der Waals surface area contributed by atoms with Gasteiger partial charge in [-0.25, -0.2) is 0 Å². The van der Waals surface area contributed by atoms with Crippen molar-refractivity contribution in [2.24, 2.45) is 0 Å². The summed E-state index contributed by atoms with van der Waals surface area (Å²) in [4.78, 5) is 0. The maximum Gasteiger partial charge on any atom is 0.0136 e. The Balaban J connectivity index is 1.84. The van der Waals surface area contributed by atoms with Crippen LogP contribution >= 0.6 is 0 Å². The first-order valence-corrected chi connectivity index (χ1v) is 7.14. The van der Waals surface area contributed by atoms with Crippen molar-refractivity contribution in [2.45, 2.75) is 63.5 Å². The molecule has 2 aliphatic rings. The fourth-order valence-corrected chi connectivity index (χ4v) is 3.33. The predicted molar refractivity (Wildman–Crippen MR) is 72.5 cm³/mol.